The van der Waals surface area contributed by atoms with Gasteiger partial charge in [-0.3, -0.25) is 4.98 Å². The standard InChI is InChI=1S/C17H23ClN2O/c1-12(2)20-10-17(3,4)11-21-15-8-7-14(18)13-6-5-9-19-16(13)15/h5-9,12,20H,10-11H2,1-4H3. The fourth-order valence-corrected chi connectivity index (χ4v) is 2.25. The number of ether oxygens (including phenoxy) is 1. The topological polar surface area (TPSA) is 34.1 Å². The Bertz CT molecular complexity index is 611. The molecule has 1 heterocycles. The molecule has 0 atom stereocenters. The zero-order chi connectivity index (χ0) is 15.5. The highest BCUT2D eigenvalue weighted by atomic mass is 35.5. The van der Waals surface area contributed by atoms with Crippen molar-refractivity contribution in [1.29, 1.82) is 0 Å². The molecule has 1 N–H and O–H groups in total. The Kier molecular flexibility index (Phi) is 5.07. The van der Waals surface area contributed by atoms with Crippen LogP contribution >= 0.6 is 11.6 Å². The molecule has 0 amide bonds. The molecule has 0 aliphatic carbocycles. The lowest BCUT2D eigenvalue weighted by Gasteiger charge is -2.26. The van der Waals surface area contributed by atoms with Crippen LogP contribution < -0.4 is 10.1 Å². The van der Waals surface area contributed by atoms with E-state index >= 15 is 0 Å². The van der Waals surface area contributed by atoms with Gasteiger partial charge >= 0.3 is 0 Å². The van der Waals surface area contributed by atoms with Gasteiger partial charge in [0.2, 0.25) is 0 Å². The lowest BCUT2D eigenvalue weighted by Crippen LogP contribution is -2.37. The maximum atomic E-state index is 6.20. The molecule has 2 rings (SSSR count). The Balaban J connectivity index is 2.12. The summed E-state index contributed by atoms with van der Waals surface area (Å²) in [5.41, 5.74) is 0.864. The lowest BCUT2D eigenvalue weighted by atomic mass is 9.94. The molecule has 0 radical (unpaired) electrons. The summed E-state index contributed by atoms with van der Waals surface area (Å²) >= 11 is 6.20. The Labute approximate surface area is 131 Å². The highest BCUT2D eigenvalue weighted by Crippen LogP contribution is 2.30. The van der Waals surface area contributed by atoms with Crippen LogP contribution in [0.2, 0.25) is 5.02 Å². The molecule has 2 aromatic rings. The average Bonchev–Trinajstić information content (AvgIpc) is 2.45. The average molecular weight is 307 g/mol. The number of pyridine rings is 1. The summed E-state index contributed by atoms with van der Waals surface area (Å²) in [5, 5.41) is 5.08. The first-order chi connectivity index (χ1) is 9.89. The molecule has 1 aromatic carbocycles. The van der Waals surface area contributed by atoms with Crippen LogP contribution in [0.25, 0.3) is 10.9 Å². The van der Waals surface area contributed by atoms with Crippen molar-refractivity contribution >= 4 is 22.5 Å². The van der Waals surface area contributed by atoms with Crippen LogP contribution in [0.5, 0.6) is 5.75 Å². The molecule has 3 nitrogen and oxygen atoms in total. The lowest BCUT2D eigenvalue weighted by molar-refractivity contribution is 0.175. The van der Waals surface area contributed by atoms with E-state index in [0.717, 1.165) is 23.2 Å². The van der Waals surface area contributed by atoms with E-state index < -0.39 is 0 Å². The smallest absolute Gasteiger partial charge is 0.145 e. The summed E-state index contributed by atoms with van der Waals surface area (Å²) < 4.78 is 6.01. The monoisotopic (exact) mass is 306 g/mol. The second-order valence-electron chi connectivity index (χ2n) is 6.43. The quantitative estimate of drug-likeness (QED) is 0.864. The van der Waals surface area contributed by atoms with E-state index in [0.29, 0.717) is 17.7 Å². The summed E-state index contributed by atoms with van der Waals surface area (Å²) in [6.07, 6.45) is 1.76. The van der Waals surface area contributed by atoms with E-state index in [4.69, 9.17) is 16.3 Å². The molecular weight excluding hydrogens is 284 g/mol. The SMILES string of the molecule is CC(C)NCC(C)(C)COc1ccc(Cl)c2cccnc12. The Morgan fingerprint density at radius 2 is 2.05 bits per heavy atom. The Morgan fingerprint density at radius 1 is 1.29 bits per heavy atom. The van der Waals surface area contributed by atoms with Gasteiger partial charge in [-0.05, 0) is 24.3 Å². The van der Waals surface area contributed by atoms with Crippen LogP contribution in [0.15, 0.2) is 30.5 Å². The van der Waals surface area contributed by atoms with Gasteiger partial charge in [0.25, 0.3) is 0 Å². The number of fused-ring (bicyclic) bond motifs is 1. The van der Waals surface area contributed by atoms with Crippen LogP contribution in [-0.4, -0.2) is 24.2 Å². The Hall–Kier alpha value is -1.32. The van der Waals surface area contributed by atoms with E-state index in [9.17, 15) is 0 Å². The van der Waals surface area contributed by atoms with Crippen molar-refractivity contribution in [2.75, 3.05) is 13.2 Å². The molecule has 114 valence electrons. The molecule has 0 aliphatic heterocycles. The first kappa shape index (κ1) is 16.1. The minimum Gasteiger partial charge on any atom is -0.491 e. The fraction of sp³-hybridized carbons (Fsp3) is 0.471. The third-order valence-corrected chi connectivity index (χ3v) is 3.62. The van der Waals surface area contributed by atoms with Crippen LogP contribution in [0.1, 0.15) is 27.7 Å². The first-order valence-corrected chi connectivity index (χ1v) is 7.66. The van der Waals surface area contributed by atoms with Gasteiger partial charge in [0, 0.05) is 29.6 Å². The van der Waals surface area contributed by atoms with Gasteiger partial charge < -0.3 is 10.1 Å². The van der Waals surface area contributed by atoms with Crippen LogP contribution in [0.3, 0.4) is 0 Å². The number of halogens is 1. The highest BCUT2D eigenvalue weighted by molar-refractivity contribution is 6.35. The van der Waals surface area contributed by atoms with E-state index in [-0.39, 0.29) is 5.41 Å². The fourth-order valence-electron chi connectivity index (χ4n) is 2.03. The second kappa shape index (κ2) is 6.63. The molecule has 0 saturated carbocycles. The second-order valence-corrected chi connectivity index (χ2v) is 6.84. The molecule has 0 unspecified atom stereocenters. The zero-order valence-electron chi connectivity index (χ0n) is 13.1. The predicted octanol–water partition coefficient (Wildman–Crippen LogP) is 4.29. The van der Waals surface area contributed by atoms with Gasteiger partial charge in [0.1, 0.15) is 11.3 Å². The minimum atomic E-state index is 0.0466. The molecule has 0 bridgehead atoms. The van der Waals surface area contributed by atoms with E-state index in [1.165, 1.54) is 0 Å². The number of nitrogens with one attached hydrogen (secondary N) is 1. The summed E-state index contributed by atoms with van der Waals surface area (Å²) in [7, 11) is 0. The Morgan fingerprint density at radius 3 is 2.76 bits per heavy atom. The number of hydrogen-bond donors (Lipinski definition) is 1. The summed E-state index contributed by atoms with van der Waals surface area (Å²) in [5.74, 6) is 0.785. The molecule has 0 spiro atoms. The highest BCUT2D eigenvalue weighted by Gasteiger charge is 2.20. The van der Waals surface area contributed by atoms with Crippen LogP contribution in [0.4, 0.5) is 0 Å². The largest absolute Gasteiger partial charge is 0.491 e. The van der Waals surface area contributed by atoms with E-state index in [2.05, 4.69) is 38.0 Å². The van der Waals surface area contributed by atoms with Crippen molar-refractivity contribution in [3.8, 4) is 5.75 Å². The van der Waals surface area contributed by atoms with E-state index in [1.807, 2.05) is 24.3 Å². The number of hydrogen-bond acceptors (Lipinski definition) is 3. The van der Waals surface area contributed by atoms with Crippen molar-refractivity contribution in [1.82, 2.24) is 10.3 Å². The first-order valence-electron chi connectivity index (χ1n) is 7.28. The number of nitrogens with zero attached hydrogens (tertiary/aromatic N) is 1. The van der Waals surface area contributed by atoms with Crippen LogP contribution in [-0.2, 0) is 0 Å². The van der Waals surface area contributed by atoms with Crippen molar-refractivity contribution < 1.29 is 4.74 Å². The summed E-state index contributed by atoms with van der Waals surface area (Å²) in [6, 6.07) is 8.07. The van der Waals surface area contributed by atoms with Gasteiger partial charge in [-0.25, -0.2) is 0 Å². The predicted molar refractivity (Wildman–Crippen MR) is 89.2 cm³/mol. The summed E-state index contributed by atoms with van der Waals surface area (Å²) in [6.45, 7) is 10.2. The van der Waals surface area contributed by atoms with Gasteiger partial charge in [0.05, 0.1) is 11.6 Å². The maximum absolute atomic E-state index is 6.20. The minimum absolute atomic E-state index is 0.0466. The van der Waals surface area contributed by atoms with Crippen LogP contribution in [0, 0.1) is 5.41 Å². The van der Waals surface area contributed by atoms with Crippen molar-refractivity contribution in [3.63, 3.8) is 0 Å². The van der Waals surface area contributed by atoms with Gasteiger partial charge in [-0.1, -0.05) is 39.3 Å². The summed E-state index contributed by atoms with van der Waals surface area (Å²) in [4.78, 5) is 4.39. The third kappa shape index (κ3) is 4.32. The molecular formula is C17H23ClN2O. The maximum Gasteiger partial charge on any atom is 0.145 e. The number of benzene rings is 1. The molecule has 21 heavy (non-hydrogen) atoms. The van der Waals surface area contributed by atoms with Gasteiger partial charge in [-0.2, -0.15) is 0 Å². The molecule has 1 aromatic heterocycles. The van der Waals surface area contributed by atoms with Crippen molar-refractivity contribution in [3.05, 3.63) is 35.5 Å². The number of rotatable bonds is 6. The van der Waals surface area contributed by atoms with E-state index in [1.54, 1.807) is 6.20 Å². The van der Waals surface area contributed by atoms with Crippen molar-refractivity contribution in [2.24, 2.45) is 5.41 Å². The third-order valence-electron chi connectivity index (χ3n) is 3.29. The van der Waals surface area contributed by atoms with Crippen molar-refractivity contribution in [2.45, 2.75) is 33.7 Å². The van der Waals surface area contributed by atoms with Gasteiger partial charge in [-0.15, -0.1) is 0 Å². The van der Waals surface area contributed by atoms with Gasteiger partial charge in [0.15, 0.2) is 0 Å². The normalized spacial score (nSPS) is 12.1. The number of aromatic nitrogens is 1. The molecule has 4 heteroatoms. The zero-order valence-corrected chi connectivity index (χ0v) is 13.9. The molecule has 0 aliphatic rings. The molecule has 0 saturated heterocycles. The molecule has 0 fully saturated rings.